The minimum atomic E-state index is -0.825. The molecule has 0 aliphatic carbocycles. The number of rotatable bonds is 4. The Bertz CT molecular complexity index is 577. The zero-order valence-electron chi connectivity index (χ0n) is 10.7. The molecule has 1 atom stereocenters. The molecule has 0 bridgehead atoms. The highest BCUT2D eigenvalue weighted by Gasteiger charge is 2.17. The molecule has 1 N–H and O–H groups in total. The molecule has 1 aromatic heterocycles. The van der Waals surface area contributed by atoms with E-state index in [9.17, 15) is 4.79 Å². The summed E-state index contributed by atoms with van der Waals surface area (Å²) < 4.78 is 5.59. The van der Waals surface area contributed by atoms with Crippen molar-refractivity contribution in [1.82, 2.24) is 4.98 Å². The van der Waals surface area contributed by atoms with Crippen molar-refractivity contribution in [2.24, 2.45) is 5.92 Å². The van der Waals surface area contributed by atoms with Crippen molar-refractivity contribution in [2.75, 3.05) is 18.5 Å². The van der Waals surface area contributed by atoms with Crippen LogP contribution in [0.5, 0.6) is 0 Å². The van der Waals surface area contributed by atoms with Gasteiger partial charge < -0.3 is 14.4 Å². The topological polar surface area (TPSA) is 66.6 Å². The van der Waals surface area contributed by atoms with E-state index in [1.54, 1.807) is 18.9 Å². The Morgan fingerprint density at radius 1 is 1.56 bits per heavy atom. The Balaban J connectivity index is 2.22. The predicted molar refractivity (Wildman–Crippen MR) is 68.8 cm³/mol. The summed E-state index contributed by atoms with van der Waals surface area (Å²) in [5.41, 5.74) is 2.62. The average Bonchev–Trinajstić information content (AvgIpc) is 2.71. The number of hydrogen-bond acceptors (Lipinski definition) is 4. The molecule has 0 saturated carbocycles. The third-order valence-corrected chi connectivity index (χ3v) is 2.83. The van der Waals surface area contributed by atoms with Gasteiger partial charge in [-0.05, 0) is 24.6 Å². The van der Waals surface area contributed by atoms with E-state index in [4.69, 9.17) is 9.52 Å². The minimum absolute atomic E-state index is 0.362. The van der Waals surface area contributed by atoms with Crippen LogP contribution in [0.4, 0.5) is 6.01 Å². The van der Waals surface area contributed by atoms with Crippen molar-refractivity contribution in [3.05, 3.63) is 23.8 Å². The summed E-state index contributed by atoms with van der Waals surface area (Å²) >= 11 is 0. The Morgan fingerprint density at radius 2 is 2.28 bits per heavy atom. The van der Waals surface area contributed by atoms with Crippen molar-refractivity contribution < 1.29 is 14.3 Å². The van der Waals surface area contributed by atoms with Crippen LogP contribution in [0.3, 0.4) is 0 Å². The molecule has 0 spiro atoms. The van der Waals surface area contributed by atoms with Crippen LogP contribution >= 0.6 is 0 Å². The van der Waals surface area contributed by atoms with Gasteiger partial charge in [0.2, 0.25) is 0 Å². The molecule has 0 fully saturated rings. The number of fused-ring (bicyclic) bond motifs is 1. The van der Waals surface area contributed by atoms with Gasteiger partial charge in [-0.15, -0.1) is 0 Å². The summed E-state index contributed by atoms with van der Waals surface area (Å²) in [5.74, 6) is -1.29. The van der Waals surface area contributed by atoms with Crippen molar-refractivity contribution in [3.63, 3.8) is 0 Å². The molecule has 1 aromatic carbocycles. The molecule has 2 rings (SSSR count). The van der Waals surface area contributed by atoms with Crippen LogP contribution in [0, 0.1) is 12.8 Å². The number of nitrogens with zero attached hydrogens (tertiary/aromatic N) is 2. The van der Waals surface area contributed by atoms with Crippen LogP contribution in [-0.2, 0) is 4.79 Å². The van der Waals surface area contributed by atoms with E-state index in [2.05, 4.69) is 4.98 Å². The fourth-order valence-electron chi connectivity index (χ4n) is 1.76. The largest absolute Gasteiger partial charge is 0.481 e. The lowest BCUT2D eigenvalue weighted by atomic mass is 10.2. The highest BCUT2D eigenvalue weighted by Crippen LogP contribution is 2.22. The van der Waals surface area contributed by atoms with Crippen LogP contribution in [0.2, 0.25) is 0 Å². The number of benzene rings is 1. The first-order chi connectivity index (χ1) is 8.47. The second-order valence-corrected chi connectivity index (χ2v) is 4.59. The van der Waals surface area contributed by atoms with Gasteiger partial charge in [0.05, 0.1) is 5.92 Å². The van der Waals surface area contributed by atoms with E-state index in [0.717, 1.165) is 11.1 Å². The Kier molecular flexibility index (Phi) is 3.23. The predicted octanol–water partition coefficient (Wildman–Crippen LogP) is 2.29. The summed E-state index contributed by atoms with van der Waals surface area (Å²) in [6, 6.07) is 6.22. The summed E-state index contributed by atoms with van der Waals surface area (Å²) in [7, 11) is 1.77. The number of oxazole rings is 1. The minimum Gasteiger partial charge on any atom is -0.481 e. The molecule has 5 nitrogen and oxygen atoms in total. The van der Waals surface area contributed by atoms with Crippen molar-refractivity contribution in [2.45, 2.75) is 13.8 Å². The van der Waals surface area contributed by atoms with E-state index >= 15 is 0 Å². The van der Waals surface area contributed by atoms with Gasteiger partial charge in [0.1, 0.15) is 5.52 Å². The Hall–Kier alpha value is -2.04. The molecule has 0 saturated heterocycles. The first kappa shape index (κ1) is 12.4. The fraction of sp³-hybridized carbons (Fsp3) is 0.385. The van der Waals surface area contributed by atoms with Gasteiger partial charge in [-0.2, -0.15) is 4.98 Å². The van der Waals surface area contributed by atoms with Gasteiger partial charge in [0.25, 0.3) is 6.01 Å². The molecule has 2 aromatic rings. The summed E-state index contributed by atoms with van der Waals surface area (Å²) in [4.78, 5) is 16.9. The van der Waals surface area contributed by atoms with E-state index in [1.165, 1.54) is 0 Å². The molecule has 0 radical (unpaired) electrons. The standard InChI is InChI=1S/C13H16N2O3/c1-8-4-5-11-10(6-8)14-13(18-11)15(3)7-9(2)12(16)17/h4-6,9H,7H2,1-3H3,(H,16,17). The Labute approximate surface area is 105 Å². The maximum atomic E-state index is 10.8. The lowest BCUT2D eigenvalue weighted by Crippen LogP contribution is -2.28. The van der Waals surface area contributed by atoms with Gasteiger partial charge >= 0.3 is 5.97 Å². The number of hydrogen-bond donors (Lipinski definition) is 1. The van der Waals surface area contributed by atoms with Crippen LogP contribution in [0.1, 0.15) is 12.5 Å². The van der Waals surface area contributed by atoms with Crippen LogP contribution < -0.4 is 4.90 Å². The first-order valence-corrected chi connectivity index (χ1v) is 5.78. The summed E-state index contributed by atoms with van der Waals surface area (Å²) in [5, 5.41) is 8.88. The summed E-state index contributed by atoms with van der Waals surface area (Å²) in [6.45, 7) is 4.01. The molecular formula is C13H16N2O3. The number of carbonyl (C=O) groups is 1. The first-order valence-electron chi connectivity index (χ1n) is 5.78. The average molecular weight is 248 g/mol. The summed E-state index contributed by atoms with van der Waals surface area (Å²) in [6.07, 6.45) is 0. The highest BCUT2D eigenvalue weighted by atomic mass is 16.4. The maximum Gasteiger partial charge on any atom is 0.308 e. The number of carboxylic acid groups (broad SMARTS) is 1. The lowest BCUT2D eigenvalue weighted by Gasteiger charge is -2.16. The molecule has 96 valence electrons. The molecule has 18 heavy (non-hydrogen) atoms. The van der Waals surface area contributed by atoms with E-state index in [-0.39, 0.29) is 0 Å². The number of aromatic nitrogens is 1. The van der Waals surface area contributed by atoms with Crippen LogP contribution in [-0.4, -0.2) is 29.7 Å². The molecular weight excluding hydrogens is 232 g/mol. The number of aliphatic carboxylic acids is 1. The van der Waals surface area contributed by atoms with Crippen molar-refractivity contribution >= 4 is 23.1 Å². The van der Waals surface area contributed by atoms with Gasteiger partial charge in [-0.25, -0.2) is 0 Å². The highest BCUT2D eigenvalue weighted by molar-refractivity contribution is 5.75. The second kappa shape index (κ2) is 4.68. The molecule has 0 aliphatic heterocycles. The number of carboxylic acids is 1. The van der Waals surface area contributed by atoms with E-state index < -0.39 is 11.9 Å². The van der Waals surface area contributed by atoms with Crippen LogP contribution in [0.25, 0.3) is 11.1 Å². The Morgan fingerprint density at radius 3 is 2.94 bits per heavy atom. The molecule has 1 unspecified atom stereocenters. The molecule has 5 heteroatoms. The normalized spacial score (nSPS) is 12.6. The van der Waals surface area contributed by atoms with Gasteiger partial charge in [-0.3, -0.25) is 4.79 Å². The quantitative estimate of drug-likeness (QED) is 0.899. The molecule has 0 aliphatic rings. The number of aryl methyl sites for hydroxylation is 1. The zero-order chi connectivity index (χ0) is 13.3. The third kappa shape index (κ3) is 2.45. The van der Waals surface area contributed by atoms with E-state index in [0.29, 0.717) is 18.1 Å². The van der Waals surface area contributed by atoms with E-state index in [1.807, 2.05) is 25.1 Å². The monoisotopic (exact) mass is 248 g/mol. The van der Waals surface area contributed by atoms with Gasteiger partial charge in [-0.1, -0.05) is 13.0 Å². The second-order valence-electron chi connectivity index (χ2n) is 4.59. The third-order valence-electron chi connectivity index (χ3n) is 2.83. The van der Waals surface area contributed by atoms with Gasteiger partial charge in [0.15, 0.2) is 5.58 Å². The van der Waals surface area contributed by atoms with Gasteiger partial charge in [0, 0.05) is 13.6 Å². The lowest BCUT2D eigenvalue weighted by molar-refractivity contribution is -0.140. The van der Waals surface area contributed by atoms with Crippen molar-refractivity contribution in [1.29, 1.82) is 0 Å². The number of anilines is 1. The van der Waals surface area contributed by atoms with Crippen LogP contribution in [0.15, 0.2) is 22.6 Å². The molecule has 0 amide bonds. The maximum absolute atomic E-state index is 10.8. The van der Waals surface area contributed by atoms with Crippen molar-refractivity contribution in [3.8, 4) is 0 Å². The molecule has 1 heterocycles. The SMILES string of the molecule is Cc1ccc2oc(N(C)CC(C)C(=O)O)nc2c1. The smallest absolute Gasteiger partial charge is 0.308 e. The fourth-order valence-corrected chi connectivity index (χ4v) is 1.76. The zero-order valence-corrected chi connectivity index (χ0v) is 10.7.